The van der Waals surface area contributed by atoms with Gasteiger partial charge in [-0.25, -0.2) is 9.78 Å². The van der Waals surface area contributed by atoms with Gasteiger partial charge in [-0.1, -0.05) is 0 Å². The summed E-state index contributed by atoms with van der Waals surface area (Å²) in [5.41, 5.74) is 4.70. The molecule has 0 radical (unpaired) electrons. The van der Waals surface area contributed by atoms with Gasteiger partial charge >= 0.3 is 6.03 Å². The number of amides is 4. The summed E-state index contributed by atoms with van der Waals surface area (Å²) in [7, 11) is 0. The monoisotopic (exact) mass is 404 g/mol. The lowest BCUT2D eigenvalue weighted by Gasteiger charge is -2.33. The van der Waals surface area contributed by atoms with Crippen molar-refractivity contribution in [1.29, 1.82) is 0 Å². The fraction of sp³-hybridized carbons (Fsp3) is 0.600. The van der Waals surface area contributed by atoms with E-state index < -0.39 is 17.6 Å². The third-order valence-corrected chi connectivity index (χ3v) is 5.42. The molecule has 4 N–H and O–H groups in total. The molecular weight excluding hydrogens is 376 g/mol. The van der Waals surface area contributed by atoms with Gasteiger partial charge < -0.3 is 20.9 Å². The van der Waals surface area contributed by atoms with E-state index >= 15 is 0 Å². The van der Waals surface area contributed by atoms with Crippen molar-refractivity contribution in [3.05, 3.63) is 23.9 Å². The molecule has 3 rings (SSSR count). The number of hydrogen-bond acceptors (Lipinski definition) is 6. The number of urea groups is 1. The van der Waals surface area contributed by atoms with E-state index in [4.69, 9.17) is 10.5 Å². The molecular formula is C20H28N4O5. The molecule has 1 aromatic heterocycles. The average molecular weight is 404 g/mol. The molecule has 1 unspecified atom stereocenters. The van der Waals surface area contributed by atoms with Gasteiger partial charge in [0.15, 0.2) is 0 Å². The maximum Gasteiger partial charge on any atom is 0.325 e. The van der Waals surface area contributed by atoms with Crippen LogP contribution in [0.3, 0.4) is 0 Å². The van der Waals surface area contributed by atoms with E-state index in [2.05, 4.69) is 10.3 Å². The zero-order chi connectivity index (χ0) is 21.2. The second kappa shape index (κ2) is 8.36. The van der Waals surface area contributed by atoms with Crippen molar-refractivity contribution in [3.8, 4) is 5.88 Å². The number of hydrogen-bond donors (Lipinski definition) is 3. The van der Waals surface area contributed by atoms with Crippen LogP contribution in [0.5, 0.6) is 5.88 Å². The molecule has 1 atom stereocenters. The number of aliphatic hydroxyl groups is 1. The number of nitrogens with zero attached hydrogens (tertiary/aromatic N) is 2. The Labute approximate surface area is 169 Å². The number of nitrogens with two attached hydrogens (primary N) is 1. The summed E-state index contributed by atoms with van der Waals surface area (Å²) >= 11 is 0. The molecule has 0 aromatic carbocycles. The number of imide groups is 1. The fourth-order valence-corrected chi connectivity index (χ4v) is 3.84. The summed E-state index contributed by atoms with van der Waals surface area (Å²) in [5.74, 6) is -0.618. The van der Waals surface area contributed by atoms with Crippen LogP contribution in [0.15, 0.2) is 18.3 Å². The molecule has 9 heteroatoms. The predicted octanol–water partition coefficient (Wildman–Crippen LogP) is 1.34. The molecule has 0 spiro atoms. The van der Waals surface area contributed by atoms with E-state index in [9.17, 15) is 19.5 Å². The number of carbonyl (C=O) groups is 3. The van der Waals surface area contributed by atoms with E-state index in [1.807, 2.05) is 0 Å². The topological polar surface area (TPSA) is 135 Å². The Morgan fingerprint density at radius 3 is 2.66 bits per heavy atom. The van der Waals surface area contributed by atoms with Crippen molar-refractivity contribution in [2.75, 3.05) is 0 Å². The minimum absolute atomic E-state index is 0.161. The summed E-state index contributed by atoms with van der Waals surface area (Å²) in [6.45, 7) is 3.36. The van der Waals surface area contributed by atoms with Crippen LogP contribution in [-0.4, -0.2) is 56.6 Å². The van der Waals surface area contributed by atoms with Crippen LogP contribution in [0.1, 0.15) is 62.7 Å². The lowest BCUT2D eigenvalue weighted by Crippen LogP contribution is -2.44. The van der Waals surface area contributed by atoms with E-state index in [-0.39, 0.29) is 35.5 Å². The summed E-state index contributed by atoms with van der Waals surface area (Å²) in [6, 6.07) is 2.04. The highest BCUT2D eigenvalue weighted by molar-refractivity contribution is 6.04. The van der Waals surface area contributed by atoms with Gasteiger partial charge in [-0.3, -0.25) is 14.5 Å². The SMILES string of the molecule is CC(C)(O)CCC1NC(=O)N([C@H]2CC[C@H](Oc3ncccc3C(N)=O)CC2)C1=O. The second-order valence-corrected chi connectivity index (χ2v) is 8.33. The van der Waals surface area contributed by atoms with Gasteiger partial charge in [-0.15, -0.1) is 0 Å². The molecule has 1 saturated carbocycles. The van der Waals surface area contributed by atoms with Crippen LogP contribution in [-0.2, 0) is 4.79 Å². The highest BCUT2D eigenvalue weighted by Gasteiger charge is 2.43. The molecule has 2 heterocycles. The summed E-state index contributed by atoms with van der Waals surface area (Å²) in [5, 5.41) is 12.6. The van der Waals surface area contributed by atoms with Crippen LogP contribution in [0.25, 0.3) is 0 Å². The zero-order valence-corrected chi connectivity index (χ0v) is 16.8. The van der Waals surface area contributed by atoms with Crippen LogP contribution in [0.2, 0.25) is 0 Å². The van der Waals surface area contributed by atoms with Crippen molar-refractivity contribution < 1.29 is 24.2 Å². The van der Waals surface area contributed by atoms with Gasteiger partial charge in [-0.2, -0.15) is 0 Å². The second-order valence-electron chi connectivity index (χ2n) is 8.33. The molecule has 2 fully saturated rings. The first-order valence-corrected chi connectivity index (χ1v) is 9.93. The highest BCUT2D eigenvalue weighted by atomic mass is 16.5. The van der Waals surface area contributed by atoms with Crippen molar-refractivity contribution in [3.63, 3.8) is 0 Å². The number of primary amides is 1. The molecule has 9 nitrogen and oxygen atoms in total. The quantitative estimate of drug-likeness (QED) is 0.587. The number of nitrogens with one attached hydrogen (secondary N) is 1. The van der Waals surface area contributed by atoms with Crippen LogP contribution in [0.4, 0.5) is 4.79 Å². The van der Waals surface area contributed by atoms with Crippen LogP contribution < -0.4 is 15.8 Å². The molecule has 1 aromatic rings. The Kier molecular flexibility index (Phi) is 6.07. The molecule has 158 valence electrons. The van der Waals surface area contributed by atoms with Gasteiger partial charge in [-0.05, 0) is 64.5 Å². The highest BCUT2D eigenvalue weighted by Crippen LogP contribution is 2.30. The van der Waals surface area contributed by atoms with E-state index in [0.29, 0.717) is 38.5 Å². The van der Waals surface area contributed by atoms with Crippen molar-refractivity contribution in [2.45, 2.75) is 76.2 Å². The van der Waals surface area contributed by atoms with Gasteiger partial charge in [0.1, 0.15) is 17.7 Å². The fourth-order valence-electron chi connectivity index (χ4n) is 3.84. The molecule has 4 amide bonds. The minimum Gasteiger partial charge on any atom is -0.474 e. The Bertz CT molecular complexity index is 783. The average Bonchev–Trinajstić information content (AvgIpc) is 2.94. The number of carbonyl (C=O) groups excluding carboxylic acids is 3. The summed E-state index contributed by atoms with van der Waals surface area (Å²) in [6.07, 6.45) is 4.68. The Balaban J connectivity index is 1.56. The van der Waals surface area contributed by atoms with Crippen molar-refractivity contribution in [1.82, 2.24) is 15.2 Å². The third kappa shape index (κ3) is 5.03. The summed E-state index contributed by atoms with van der Waals surface area (Å²) < 4.78 is 5.87. The lowest BCUT2D eigenvalue weighted by molar-refractivity contribution is -0.130. The molecule has 2 aliphatic rings. The zero-order valence-electron chi connectivity index (χ0n) is 16.8. The molecule has 1 aliphatic heterocycles. The summed E-state index contributed by atoms with van der Waals surface area (Å²) in [4.78, 5) is 42.0. The van der Waals surface area contributed by atoms with E-state index in [1.54, 1.807) is 26.0 Å². The smallest absolute Gasteiger partial charge is 0.325 e. The van der Waals surface area contributed by atoms with Gasteiger partial charge in [0.25, 0.3) is 11.8 Å². The van der Waals surface area contributed by atoms with E-state index in [0.717, 1.165) is 0 Å². The normalized spacial score (nSPS) is 25.1. The first kappa shape index (κ1) is 21.0. The molecule has 0 bridgehead atoms. The minimum atomic E-state index is -0.886. The number of ether oxygens (including phenoxy) is 1. The Morgan fingerprint density at radius 1 is 1.34 bits per heavy atom. The van der Waals surface area contributed by atoms with Crippen molar-refractivity contribution >= 4 is 17.8 Å². The Morgan fingerprint density at radius 2 is 2.03 bits per heavy atom. The maximum atomic E-state index is 12.7. The van der Waals surface area contributed by atoms with Gasteiger partial charge in [0.05, 0.1) is 5.60 Å². The van der Waals surface area contributed by atoms with E-state index in [1.165, 1.54) is 11.1 Å². The van der Waals surface area contributed by atoms with Crippen LogP contribution in [0, 0.1) is 0 Å². The lowest BCUT2D eigenvalue weighted by atomic mass is 9.91. The van der Waals surface area contributed by atoms with Gasteiger partial charge in [0.2, 0.25) is 5.88 Å². The predicted molar refractivity (Wildman–Crippen MR) is 104 cm³/mol. The number of rotatable bonds is 7. The molecule has 29 heavy (non-hydrogen) atoms. The standard InChI is InChI=1S/C20H28N4O5/c1-20(2,28)10-9-15-18(26)24(19(27)23-15)12-5-7-13(8-6-12)29-17-14(16(21)25)4-3-11-22-17/h3-4,11-13,15,28H,5-10H2,1-2H3,(H2,21,25)(H,23,27)/t12-,13-,15?. The third-order valence-electron chi connectivity index (χ3n) is 5.42. The largest absolute Gasteiger partial charge is 0.474 e. The molecule has 1 aliphatic carbocycles. The molecule has 1 saturated heterocycles. The maximum absolute atomic E-state index is 12.7. The van der Waals surface area contributed by atoms with Crippen LogP contribution >= 0.6 is 0 Å². The number of aromatic nitrogens is 1. The first-order chi connectivity index (χ1) is 13.7. The van der Waals surface area contributed by atoms with Gasteiger partial charge in [0, 0.05) is 12.2 Å². The van der Waals surface area contributed by atoms with Crippen molar-refractivity contribution in [2.24, 2.45) is 5.73 Å². The Hall–Kier alpha value is -2.68. The number of pyridine rings is 1. The first-order valence-electron chi connectivity index (χ1n) is 9.93.